The number of halogens is 1. The van der Waals surface area contributed by atoms with Crippen molar-refractivity contribution in [2.45, 2.75) is 6.67 Å². The largest absolute Gasteiger partial charge is 0.451 e. The first-order chi connectivity index (χ1) is 14.1. The smallest absolute Gasteiger partial charge is 0.421 e. The molecule has 4 aromatic rings. The molecule has 0 unspecified atom stereocenters. The summed E-state index contributed by atoms with van der Waals surface area (Å²) in [4.78, 5) is 28.9. The van der Waals surface area contributed by atoms with Gasteiger partial charge in [0.05, 0.1) is 12.2 Å². The molecule has 0 saturated carbocycles. The molecule has 5 rings (SSSR count). The van der Waals surface area contributed by atoms with Gasteiger partial charge in [-0.3, -0.25) is 14.3 Å². The van der Waals surface area contributed by atoms with Crippen molar-refractivity contribution < 1.29 is 13.6 Å². The van der Waals surface area contributed by atoms with Gasteiger partial charge in [-0.1, -0.05) is 29.8 Å². The first-order valence-corrected chi connectivity index (χ1v) is 9.75. The zero-order chi connectivity index (χ0) is 20.0. The number of piperazine rings is 1. The molecule has 8 heteroatoms. The zero-order valence-electron chi connectivity index (χ0n) is 15.5. The molecule has 3 heterocycles. The highest BCUT2D eigenvalue weighted by Crippen LogP contribution is 2.21. The Labute approximate surface area is 170 Å². The SMILES string of the molecule is O=C(c1cc2ccccc2o1)N1CCN(Cn2c(=O)oc3ccc(Cl)cc32)CC1. The van der Waals surface area contributed by atoms with E-state index in [0.717, 1.165) is 5.39 Å². The number of fused-ring (bicyclic) bond motifs is 2. The molecule has 0 N–H and O–H groups in total. The van der Waals surface area contributed by atoms with E-state index in [1.54, 1.807) is 33.7 Å². The second-order valence-electron chi connectivity index (χ2n) is 7.11. The third-order valence-corrected chi connectivity index (χ3v) is 5.50. The first-order valence-electron chi connectivity index (χ1n) is 9.37. The number of carbonyl (C=O) groups excluding carboxylic acids is 1. The van der Waals surface area contributed by atoms with E-state index < -0.39 is 5.76 Å². The lowest BCUT2D eigenvalue weighted by atomic mass is 10.2. The van der Waals surface area contributed by atoms with Crippen LogP contribution in [-0.2, 0) is 6.67 Å². The second-order valence-corrected chi connectivity index (χ2v) is 7.54. The van der Waals surface area contributed by atoms with Crippen LogP contribution < -0.4 is 5.76 Å². The fourth-order valence-electron chi connectivity index (χ4n) is 3.70. The van der Waals surface area contributed by atoms with E-state index in [0.29, 0.717) is 60.3 Å². The molecular formula is C21H18ClN3O4. The molecular weight excluding hydrogens is 394 g/mol. The van der Waals surface area contributed by atoms with Gasteiger partial charge in [0.15, 0.2) is 11.3 Å². The number of hydrogen-bond acceptors (Lipinski definition) is 5. The van der Waals surface area contributed by atoms with Gasteiger partial charge >= 0.3 is 5.76 Å². The topological polar surface area (TPSA) is 71.8 Å². The highest BCUT2D eigenvalue weighted by Gasteiger charge is 2.25. The third-order valence-electron chi connectivity index (χ3n) is 5.27. The van der Waals surface area contributed by atoms with Crippen molar-refractivity contribution in [3.05, 3.63) is 69.9 Å². The van der Waals surface area contributed by atoms with Gasteiger partial charge in [0.2, 0.25) is 0 Å². The summed E-state index contributed by atoms with van der Waals surface area (Å²) < 4.78 is 12.5. The molecule has 1 aliphatic heterocycles. The van der Waals surface area contributed by atoms with Crippen LogP contribution in [0.5, 0.6) is 0 Å². The maximum Gasteiger partial charge on any atom is 0.421 e. The fourth-order valence-corrected chi connectivity index (χ4v) is 3.87. The predicted octanol–water partition coefficient (Wildman–Crippen LogP) is 3.41. The van der Waals surface area contributed by atoms with Crippen LogP contribution in [0.25, 0.3) is 22.1 Å². The average Bonchev–Trinajstić information content (AvgIpc) is 3.29. The van der Waals surface area contributed by atoms with E-state index in [-0.39, 0.29) is 5.91 Å². The van der Waals surface area contributed by atoms with Crippen LogP contribution in [0.4, 0.5) is 0 Å². The standard InChI is InChI=1S/C21H18ClN3O4/c22-15-5-6-18-16(12-15)25(21(27)29-18)13-23-7-9-24(10-8-23)20(26)19-11-14-3-1-2-4-17(14)28-19/h1-6,11-12H,7-10,13H2. The van der Waals surface area contributed by atoms with Gasteiger partial charge in [-0.2, -0.15) is 0 Å². The summed E-state index contributed by atoms with van der Waals surface area (Å²) in [5.74, 6) is -0.173. The Morgan fingerprint density at radius 1 is 0.966 bits per heavy atom. The molecule has 2 aromatic carbocycles. The van der Waals surface area contributed by atoms with Crippen molar-refractivity contribution in [1.82, 2.24) is 14.4 Å². The number of oxazole rings is 1. The number of carbonyl (C=O) groups is 1. The molecule has 1 fully saturated rings. The Hall–Kier alpha value is -3.03. The molecule has 148 valence electrons. The number of amides is 1. The zero-order valence-corrected chi connectivity index (χ0v) is 16.3. The van der Waals surface area contributed by atoms with Crippen molar-refractivity contribution in [2.24, 2.45) is 0 Å². The van der Waals surface area contributed by atoms with Crippen molar-refractivity contribution >= 4 is 39.6 Å². The molecule has 1 amide bonds. The number of para-hydroxylation sites is 1. The third kappa shape index (κ3) is 3.32. The summed E-state index contributed by atoms with van der Waals surface area (Å²) >= 11 is 6.06. The molecule has 1 saturated heterocycles. The Kier molecular flexibility index (Phi) is 4.41. The number of nitrogens with zero attached hydrogens (tertiary/aromatic N) is 3. The van der Waals surface area contributed by atoms with Crippen LogP contribution in [0.2, 0.25) is 5.02 Å². The Bertz CT molecular complexity index is 1230. The molecule has 0 radical (unpaired) electrons. The maximum absolute atomic E-state index is 12.8. The minimum absolute atomic E-state index is 0.112. The van der Waals surface area contributed by atoms with Crippen molar-refractivity contribution in [3.63, 3.8) is 0 Å². The van der Waals surface area contributed by atoms with Crippen LogP contribution in [0.1, 0.15) is 10.6 Å². The van der Waals surface area contributed by atoms with E-state index in [2.05, 4.69) is 4.90 Å². The van der Waals surface area contributed by atoms with Crippen LogP contribution in [0.15, 0.2) is 62.2 Å². The number of furan rings is 1. The Morgan fingerprint density at radius 3 is 2.55 bits per heavy atom. The van der Waals surface area contributed by atoms with Gasteiger partial charge in [0.25, 0.3) is 5.91 Å². The van der Waals surface area contributed by atoms with Crippen LogP contribution in [0.3, 0.4) is 0 Å². The van der Waals surface area contributed by atoms with E-state index >= 15 is 0 Å². The summed E-state index contributed by atoms with van der Waals surface area (Å²) in [6.45, 7) is 2.79. The monoisotopic (exact) mass is 411 g/mol. The van der Waals surface area contributed by atoms with E-state index in [1.807, 2.05) is 24.3 Å². The predicted molar refractivity (Wildman–Crippen MR) is 109 cm³/mol. The number of aromatic nitrogens is 1. The minimum Gasteiger partial charge on any atom is -0.451 e. The fraction of sp³-hybridized carbons (Fsp3) is 0.238. The molecule has 0 aliphatic carbocycles. The van der Waals surface area contributed by atoms with Crippen molar-refractivity contribution in [2.75, 3.05) is 26.2 Å². The van der Waals surface area contributed by atoms with Crippen LogP contribution in [-0.4, -0.2) is 46.5 Å². The number of hydrogen-bond donors (Lipinski definition) is 0. The molecule has 29 heavy (non-hydrogen) atoms. The summed E-state index contributed by atoms with van der Waals surface area (Å²) in [6, 6.07) is 14.5. The minimum atomic E-state index is -0.414. The Balaban J connectivity index is 1.28. The molecule has 7 nitrogen and oxygen atoms in total. The number of rotatable bonds is 3. The highest BCUT2D eigenvalue weighted by atomic mass is 35.5. The van der Waals surface area contributed by atoms with E-state index in [4.69, 9.17) is 20.4 Å². The summed E-state index contributed by atoms with van der Waals surface area (Å²) in [5, 5.41) is 1.47. The lowest BCUT2D eigenvalue weighted by Gasteiger charge is -2.34. The second kappa shape index (κ2) is 7.09. The van der Waals surface area contributed by atoms with Crippen molar-refractivity contribution in [1.29, 1.82) is 0 Å². The Morgan fingerprint density at radius 2 is 1.76 bits per heavy atom. The number of benzene rings is 2. The maximum atomic E-state index is 12.8. The van der Waals surface area contributed by atoms with Crippen LogP contribution in [0, 0.1) is 0 Å². The molecule has 0 atom stereocenters. The van der Waals surface area contributed by atoms with Gasteiger partial charge in [-0.15, -0.1) is 0 Å². The van der Waals surface area contributed by atoms with Gasteiger partial charge in [-0.05, 0) is 30.3 Å². The van der Waals surface area contributed by atoms with Gasteiger partial charge in [0.1, 0.15) is 5.58 Å². The van der Waals surface area contributed by atoms with Gasteiger partial charge < -0.3 is 13.7 Å². The first kappa shape index (κ1) is 18.0. The molecule has 0 spiro atoms. The van der Waals surface area contributed by atoms with Crippen LogP contribution >= 0.6 is 11.6 Å². The lowest BCUT2D eigenvalue weighted by molar-refractivity contribution is 0.0565. The van der Waals surface area contributed by atoms with E-state index in [9.17, 15) is 9.59 Å². The normalized spacial score (nSPS) is 15.4. The van der Waals surface area contributed by atoms with Gasteiger partial charge in [0, 0.05) is 36.6 Å². The lowest BCUT2D eigenvalue weighted by Crippen LogP contribution is -2.49. The summed E-state index contributed by atoms with van der Waals surface area (Å²) in [7, 11) is 0. The molecule has 2 aromatic heterocycles. The van der Waals surface area contributed by atoms with Gasteiger partial charge in [-0.25, -0.2) is 4.79 Å². The summed E-state index contributed by atoms with van der Waals surface area (Å²) in [6.07, 6.45) is 0. The van der Waals surface area contributed by atoms with Crippen molar-refractivity contribution in [3.8, 4) is 0 Å². The highest BCUT2D eigenvalue weighted by molar-refractivity contribution is 6.31. The molecule has 0 bridgehead atoms. The van der Waals surface area contributed by atoms with E-state index in [1.165, 1.54) is 0 Å². The quantitative estimate of drug-likeness (QED) is 0.516. The average molecular weight is 412 g/mol. The molecule has 1 aliphatic rings. The summed E-state index contributed by atoms with van der Waals surface area (Å²) in [5.41, 5.74) is 1.89.